The number of carbonyl (C=O) groups excluding carboxylic acids is 3. The van der Waals surface area contributed by atoms with Gasteiger partial charge in [0.25, 0.3) is 0 Å². The van der Waals surface area contributed by atoms with E-state index < -0.39 is 23.9 Å². The van der Waals surface area contributed by atoms with Crippen molar-refractivity contribution >= 4 is 23.7 Å². The lowest BCUT2D eigenvalue weighted by atomic mass is 9.89. The summed E-state index contributed by atoms with van der Waals surface area (Å²) >= 11 is 0. The number of piperidine rings is 1. The van der Waals surface area contributed by atoms with Crippen molar-refractivity contribution in [1.29, 1.82) is 0 Å². The lowest BCUT2D eigenvalue weighted by Gasteiger charge is -2.37. The van der Waals surface area contributed by atoms with E-state index in [1.54, 1.807) is 24.4 Å². The molecule has 0 saturated carbocycles. The highest BCUT2D eigenvalue weighted by molar-refractivity contribution is 6.00. The number of ether oxygens (including phenoxy) is 2. The fraction of sp³-hybridized carbons (Fsp3) is 0.467. The quantitative estimate of drug-likeness (QED) is 0.607. The summed E-state index contributed by atoms with van der Waals surface area (Å²) in [4.78, 5) is 41.9. The predicted molar refractivity (Wildman–Crippen MR) is 76.9 cm³/mol. The minimum absolute atomic E-state index is 0.173. The second-order valence-corrected chi connectivity index (χ2v) is 4.94. The molecule has 22 heavy (non-hydrogen) atoms. The molecule has 7 nitrogen and oxygen atoms in total. The van der Waals surface area contributed by atoms with Crippen molar-refractivity contribution in [3.8, 4) is 0 Å². The van der Waals surface area contributed by atoms with E-state index in [4.69, 9.17) is 9.47 Å². The van der Waals surface area contributed by atoms with Crippen molar-refractivity contribution in [3.63, 3.8) is 0 Å². The number of aromatic nitrogens is 1. The molecule has 1 fully saturated rings. The Labute approximate surface area is 128 Å². The largest absolute Gasteiger partial charge is 0.468 e. The Hall–Kier alpha value is -2.44. The summed E-state index contributed by atoms with van der Waals surface area (Å²) in [5.74, 6) is -2.37. The van der Waals surface area contributed by atoms with Gasteiger partial charge in [0.1, 0.15) is 5.82 Å². The molecular formula is C15H18N2O5. The van der Waals surface area contributed by atoms with Crippen LogP contribution in [0.25, 0.3) is 0 Å². The summed E-state index contributed by atoms with van der Waals surface area (Å²) in [5, 5.41) is 0. The second kappa shape index (κ2) is 7.02. The zero-order valence-corrected chi connectivity index (χ0v) is 12.5. The van der Waals surface area contributed by atoms with Crippen molar-refractivity contribution in [1.82, 2.24) is 4.98 Å². The van der Waals surface area contributed by atoms with Crippen LogP contribution in [-0.4, -0.2) is 43.1 Å². The molecule has 0 aliphatic carbocycles. The molecule has 1 unspecified atom stereocenters. The van der Waals surface area contributed by atoms with Crippen LogP contribution in [0.3, 0.4) is 0 Å². The van der Waals surface area contributed by atoms with Crippen molar-refractivity contribution in [2.45, 2.75) is 25.3 Å². The summed E-state index contributed by atoms with van der Waals surface area (Å²) in [6.45, 7) is 0. The normalized spacial score (nSPS) is 18.2. The average molecular weight is 306 g/mol. The Morgan fingerprint density at radius 3 is 2.50 bits per heavy atom. The van der Waals surface area contributed by atoms with Crippen LogP contribution in [0.4, 0.5) is 5.82 Å². The summed E-state index contributed by atoms with van der Waals surface area (Å²) in [6, 6.07) is 4.48. The molecule has 118 valence electrons. The molecule has 1 aromatic heterocycles. The Kier molecular flexibility index (Phi) is 5.08. The van der Waals surface area contributed by atoms with Gasteiger partial charge in [-0.15, -0.1) is 0 Å². The van der Waals surface area contributed by atoms with Gasteiger partial charge in [-0.05, 0) is 25.0 Å². The summed E-state index contributed by atoms with van der Waals surface area (Å²) in [5.41, 5.74) is 0. The van der Waals surface area contributed by atoms with Gasteiger partial charge in [-0.3, -0.25) is 19.3 Å². The first kappa shape index (κ1) is 15.9. The highest BCUT2D eigenvalue weighted by Gasteiger charge is 2.44. The second-order valence-electron chi connectivity index (χ2n) is 4.94. The number of nitrogens with zero attached hydrogens (tertiary/aromatic N) is 2. The molecule has 0 spiro atoms. The van der Waals surface area contributed by atoms with Gasteiger partial charge in [0.15, 0.2) is 5.92 Å². The number of anilines is 1. The first-order valence-corrected chi connectivity index (χ1v) is 6.99. The van der Waals surface area contributed by atoms with Crippen LogP contribution in [0.15, 0.2) is 24.4 Å². The van der Waals surface area contributed by atoms with E-state index in [0.717, 1.165) is 0 Å². The number of carbonyl (C=O) groups is 3. The van der Waals surface area contributed by atoms with E-state index in [1.165, 1.54) is 19.1 Å². The molecule has 0 radical (unpaired) electrons. The number of pyridine rings is 1. The molecule has 1 aliphatic rings. The smallest absolute Gasteiger partial charge is 0.322 e. The SMILES string of the molecule is COC(=O)C(C(=O)OC)C1CCCC(=O)N1c1ccccn1. The zero-order valence-electron chi connectivity index (χ0n) is 12.5. The monoisotopic (exact) mass is 306 g/mol. The van der Waals surface area contributed by atoms with Crippen molar-refractivity contribution in [2.24, 2.45) is 5.92 Å². The zero-order chi connectivity index (χ0) is 16.1. The van der Waals surface area contributed by atoms with Crippen LogP contribution in [0.5, 0.6) is 0 Å². The fourth-order valence-corrected chi connectivity index (χ4v) is 2.67. The maximum atomic E-state index is 12.3. The van der Waals surface area contributed by atoms with Crippen LogP contribution < -0.4 is 4.90 Å². The van der Waals surface area contributed by atoms with Crippen molar-refractivity contribution in [2.75, 3.05) is 19.1 Å². The molecule has 1 atom stereocenters. The third-order valence-electron chi connectivity index (χ3n) is 3.68. The minimum atomic E-state index is -1.18. The van der Waals surface area contributed by atoms with Gasteiger partial charge in [-0.1, -0.05) is 6.07 Å². The molecular weight excluding hydrogens is 288 g/mol. The Balaban J connectivity index is 2.41. The maximum absolute atomic E-state index is 12.3. The molecule has 2 heterocycles. The lowest BCUT2D eigenvalue weighted by molar-refractivity contribution is -0.160. The lowest BCUT2D eigenvalue weighted by Crippen LogP contribution is -2.53. The van der Waals surface area contributed by atoms with E-state index in [0.29, 0.717) is 25.1 Å². The van der Waals surface area contributed by atoms with Crippen molar-refractivity contribution in [3.05, 3.63) is 24.4 Å². The highest BCUT2D eigenvalue weighted by atomic mass is 16.5. The Bertz CT molecular complexity index is 544. The Morgan fingerprint density at radius 1 is 1.27 bits per heavy atom. The third-order valence-corrected chi connectivity index (χ3v) is 3.68. The van der Waals surface area contributed by atoms with E-state index in [1.807, 2.05) is 0 Å². The predicted octanol–water partition coefficient (Wildman–Crippen LogP) is 0.929. The summed E-state index contributed by atoms with van der Waals surface area (Å²) < 4.78 is 9.42. The molecule has 1 amide bonds. The number of methoxy groups -OCH3 is 2. The number of amides is 1. The first-order chi connectivity index (χ1) is 10.6. The molecule has 1 aliphatic heterocycles. The summed E-state index contributed by atoms with van der Waals surface area (Å²) in [7, 11) is 2.40. The molecule has 1 aromatic rings. The summed E-state index contributed by atoms with van der Waals surface area (Å²) in [6.07, 6.45) is 3.00. The standard InChI is InChI=1S/C15H18N2O5/c1-21-14(19)13(15(20)22-2)10-6-5-8-12(18)17(10)11-7-3-4-9-16-11/h3-4,7,9-10,13H,5-6,8H2,1-2H3. The van der Waals surface area contributed by atoms with E-state index in [-0.39, 0.29) is 5.91 Å². The van der Waals surface area contributed by atoms with Crippen LogP contribution in [0.1, 0.15) is 19.3 Å². The molecule has 7 heteroatoms. The highest BCUT2D eigenvalue weighted by Crippen LogP contribution is 2.29. The molecule has 0 aromatic carbocycles. The van der Waals surface area contributed by atoms with E-state index >= 15 is 0 Å². The topological polar surface area (TPSA) is 85.8 Å². The number of hydrogen-bond donors (Lipinski definition) is 0. The van der Waals surface area contributed by atoms with Gasteiger partial charge in [-0.2, -0.15) is 0 Å². The number of rotatable bonds is 4. The van der Waals surface area contributed by atoms with Gasteiger partial charge in [0.2, 0.25) is 5.91 Å². The fourth-order valence-electron chi connectivity index (χ4n) is 2.67. The van der Waals surface area contributed by atoms with Gasteiger partial charge in [0.05, 0.1) is 20.3 Å². The maximum Gasteiger partial charge on any atom is 0.322 e. The average Bonchev–Trinajstić information content (AvgIpc) is 2.55. The van der Waals surface area contributed by atoms with Gasteiger partial charge in [-0.25, -0.2) is 4.98 Å². The van der Waals surface area contributed by atoms with Crippen LogP contribution in [0, 0.1) is 5.92 Å². The molecule has 0 bridgehead atoms. The van der Waals surface area contributed by atoms with Gasteiger partial charge >= 0.3 is 11.9 Å². The minimum Gasteiger partial charge on any atom is -0.468 e. The van der Waals surface area contributed by atoms with Crippen LogP contribution in [0.2, 0.25) is 0 Å². The number of hydrogen-bond acceptors (Lipinski definition) is 6. The van der Waals surface area contributed by atoms with E-state index in [9.17, 15) is 14.4 Å². The molecule has 0 N–H and O–H groups in total. The van der Waals surface area contributed by atoms with Crippen molar-refractivity contribution < 1.29 is 23.9 Å². The van der Waals surface area contributed by atoms with Gasteiger partial charge < -0.3 is 9.47 Å². The van der Waals surface area contributed by atoms with Crippen LogP contribution in [-0.2, 0) is 23.9 Å². The van der Waals surface area contributed by atoms with Crippen LogP contribution >= 0.6 is 0 Å². The Morgan fingerprint density at radius 2 is 1.95 bits per heavy atom. The molecule has 2 rings (SSSR count). The molecule has 1 saturated heterocycles. The first-order valence-electron chi connectivity index (χ1n) is 6.99. The van der Waals surface area contributed by atoms with E-state index in [2.05, 4.69) is 4.98 Å². The third kappa shape index (κ3) is 3.08. The van der Waals surface area contributed by atoms with Gasteiger partial charge in [0, 0.05) is 12.6 Å². The number of esters is 2.